The van der Waals surface area contributed by atoms with E-state index in [-0.39, 0.29) is 5.82 Å². The molecule has 0 spiro atoms. The largest absolute Gasteiger partial charge is 0.480 e. The lowest BCUT2D eigenvalue weighted by atomic mass is 10.0. The number of rotatable bonds is 8. The quantitative estimate of drug-likeness (QED) is 0.764. The Balaban J connectivity index is 1.82. The third-order valence-corrected chi connectivity index (χ3v) is 4.84. The first kappa shape index (κ1) is 19.5. The maximum absolute atomic E-state index is 13.7. The van der Waals surface area contributed by atoms with Gasteiger partial charge in [0.1, 0.15) is 17.6 Å². The van der Waals surface area contributed by atoms with Crippen LogP contribution in [0.4, 0.5) is 4.39 Å². The van der Waals surface area contributed by atoms with Crippen LogP contribution in [0.2, 0.25) is 0 Å². The zero-order chi connectivity index (χ0) is 19.2. The highest BCUT2D eigenvalue weighted by Gasteiger charge is 2.29. The van der Waals surface area contributed by atoms with Gasteiger partial charge in [-0.05, 0) is 36.2 Å². The Bertz CT molecular complexity index is 744. The van der Waals surface area contributed by atoms with Crippen molar-refractivity contribution in [2.45, 2.75) is 19.5 Å². The lowest BCUT2D eigenvalue weighted by Crippen LogP contribution is -2.43. The second-order valence-electron chi connectivity index (χ2n) is 6.75. The second kappa shape index (κ2) is 9.12. The Morgan fingerprint density at radius 2 is 2.11 bits per heavy atom. The molecule has 1 N–H and O–H groups in total. The summed E-state index contributed by atoms with van der Waals surface area (Å²) < 4.78 is 24.5. The number of ether oxygens (including phenoxy) is 1. The molecule has 27 heavy (non-hydrogen) atoms. The van der Waals surface area contributed by atoms with E-state index in [9.17, 15) is 14.3 Å². The molecule has 1 aromatic carbocycles. The van der Waals surface area contributed by atoms with Crippen molar-refractivity contribution in [3.8, 4) is 0 Å². The first-order chi connectivity index (χ1) is 13.0. The first-order valence-corrected chi connectivity index (χ1v) is 9.10. The van der Waals surface area contributed by atoms with Crippen LogP contribution < -0.4 is 0 Å². The summed E-state index contributed by atoms with van der Waals surface area (Å²) in [5.74, 6) is -0.606. The summed E-state index contributed by atoms with van der Waals surface area (Å²) in [7, 11) is 0. The fourth-order valence-corrected chi connectivity index (χ4v) is 3.34. The van der Waals surface area contributed by atoms with Crippen LogP contribution in [-0.4, -0.2) is 60.3 Å². The summed E-state index contributed by atoms with van der Waals surface area (Å²) in [4.78, 5) is 16.2. The van der Waals surface area contributed by atoms with Crippen molar-refractivity contribution in [1.82, 2.24) is 9.80 Å². The van der Waals surface area contributed by atoms with Gasteiger partial charge in [-0.2, -0.15) is 0 Å². The number of furan rings is 1. The molecule has 1 aromatic heterocycles. The summed E-state index contributed by atoms with van der Waals surface area (Å²) in [6, 6.07) is 7.22. The number of aryl methyl sites for hydroxylation is 1. The molecular formula is C20H25FN2O4. The molecule has 0 saturated carbocycles. The SMILES string of the molecule is Cc1cc(C(C(=O)O)N(CCN2CCOCC2)Cc2ccco2)ccc1F. The predicted octanol–water partition coefficient (Wildman–Crippen LogP) is 2.69. The van der Waals surface area contributed by atoms with E-state index >= 15 is 0 Å². The number of hydrogen-bond donors (Lipinski definition) is 1. The predicted molar refractivity (Wildman–Crippen MR) is 97.9 cm³/mol. The van der Waals surface area contributed by atoms with Gasteiger partial charge in [-0.15, -0.1) is 0 Å². The maximum Gasteiger partial charge on any atom is 0.325 e. The number of halogens is 1. The fourth-order valence-electron chi connectivity index (χ4n) is 3.34. The Morgan fingerprint density at radius 3 is 2.74 bits per heavy atom. The molecule has 0 amide bonds. The van der Waals surface area contributed by atoms with Crippen LogP contribution in [0.5, 0.6) is 0 Å². The molecule has 0 bridgehead atoms. The van der Waals surface area contributed by atoms with Crippen molar-refractivity contribution >= 4 is 5.97 Å². The molecule has 0 radical (unpaired) electrons. The summed E-state index contributed by atoms with van der Waals surface area (Å²) in [5.41, 5.74) is 1.000. The van der Waals surface area contributed by atoms with Crippen molar-refractivity contribution in [1.29, 1.82) is 0 Å². The molecule has 1 saturated heterocycles. The van der Waals surface area contributed by atoms with E-state index in [1.54, 1.807) is 31.4 Å². The normalized spacial score (nSPS) is 16.6. The van der Waals surface area contributed by atoms with Gasteiger partial charge in [0.05, 0.1) is 26.0 Å². The van der Waals surface area contributed by atoms with Gasteiger partial charge in [0.2, 0.25) is 0 Å². The van der Waals surface area contributed by atoms with Crippen molar-refractivity contribution in [3.05, 3.63) is 59.3 Å². The molecule has 146 valence electrons. The van der Waals surface area contributed by atoms with E-state index < -0.39 is 12.0 Å². The first-order valence-electron chi connectivity index (χ1n) is 9.10. The second-order valence-corrected chi connectivity index (χ2v) is 6.75. The number of hydrogen-bond acceptors (Lipinski definition) is 5. The van der Waals surface area contributed by atoms with Crippen LogP contribution in [0.15, 0.2) is 41.0 Å². The monoisotopic (exact) mass is 376 g/mol. The van der Waals surface area contributed by atoms with Crippen LogP contribution in [0.25, 0.3) is 0 Å². The van der Waals surface area contributed by atoms with Crippen LogP contribution in [0.1, 0.15) is 22.9 Å². The van der Waals surface area contributed by atoms with E-state index in [1.807, 2.05) is 11.0 Å². The number of benzene rings is 1. The topological polar surface area (TPSA) is 66.2 Å². The van der Waals surface area contributed by atoms with Gasteiger partial charge in [-0.25, -0.2) is 4.39 Å². The average Bonchev–Trinajstić information content (AvgIpc) is 3.16. The van der Waals surface area contributed by atoms with Gasteiger partial charge in [-0.1, -0.05) is 12.1 Å². The van der Waals surface area contributed by atoms with Gasteiger partial charge < -0.3 is 14.3 Å². The average molecular weight is 376 g/mol. The highest BCUT2D eigenvalue weighted by Crippen LogP contribution is 2.25. The third-order valence-electron chi connectivity index (χ3n) is 4.84. The molecule has 1 fully saturated rings. The zero-order valence-corrected chi connectivity index (χ0v) is 15.4. The van der Waals surface area contributed by atoms with E-state index in [0.717, 1.165) is 19.6 Å². The molecule has 6 nitrogen and oxygen atoms in total. The lowest BCUT2D eigenvalue weighted by Gasteiger charge is -2.32. The molecule has 2 aromatic rings. The van der Waals surface area contributed by atoms with Crippen LogP contribution in [0, 0.1) is 12.7 Å². The standard InChI is InChI=1S/C20H25FN2O4/c1-15-13-16(4-5-18(15)21)19(20(24)25)23(14-17-3-2-10-27-17)7-6-22-8-11-26-12-9-22/h2-5,10,13,19H,6-9,11-12,14H2,1H3,(H,24,25). The molecular weight excluding hydrogens is 351 g/mol. The highest BCUT2D eigenvalue weighted by molar-refractivity contribution is 5.75. The van der Waals surface area contributed by atoms with E-state index in [4.69, 9.17) is 9.15 Å². The number of carboxylic acid groups (broad SMARTS) is 1. The molecule has 0 aliphatic carbocycles. The summed E-state index contributed by atoms with van der Waals surface area (Å²) in [6.45, 7) is 6.34. The minimum absolute atomic E-state index is 0.339. The minimum Gasteiger partial charge on any atom is -0.480 e. The van der Waals surface area contributed by atoms with Crippen molar-refractivity contribution in [3.63, 3.8) is 0 Å². The number of carboxylic acids is 1. The number of aliphatic carboxylic acids is 1. The Hall–Kier alpha value is -2.22. The molecule has 1 unspecified atom stereocenters. The van der Waals surface area contributed by atoms with Crippen LogP contribution >= 0.6 is 0 Å². The van der Waals surface area contributed by atoms with E-state index in [0.29, 0.717) is 43.2 Å². The van der Waals surface area contributed by atoms with E-state index in [2.05, 4.69) is 4.90 Å². The van der Waals surface area contributed by atoms with Gasteiger partial charge >= 0.3 is 5.97 Å². The van der Waals surface area contributed by atoms with Gasteiger partial charge in [-0.3, -0.25) is 14.6 Å². The summed E-state index contributed by atoms with van der Waals surface area (Å²) >= 11 is 0. The summed E-state index contributed by atoms with van der Waals surface area (Å²) in [6.07, 6.45) is 1.58. The molecule has 2 heterocycles. The Labute approximate surface area is 158 Å². The molecule has 3 rings (SSSR count). The van der Waals surface area contributed by atoms with Crippen molar-refractivity contribution in [2.75, 3.05) is 39.4 Å². The smallest absolute Gasteiger partial charge is 0.325 e. The third kappa shape index (κ3) is 5.15. The number of carbonyl (C=O) groups is 1. The van der Waals surface area contributed by atoms with Gasteiger partial charge in [0.25, 0.3) is 0 Å². The van der Waals surface area contributed by atoms with Crippen molar-refractivity contribution < 1.29 is 23.4 Å². The van der Waals surface area contributed by atoms with Crippen molar-refractivity contribution in [2.24, 2.45) is 0 Å². The highest BCUT2D eigenvalue weighted by atomic mass is 19.1. The lowest BCUT2D eigenvalue weighted by molar-refractivity contribution is -0.144. The molecule has 1 aliphatic rings. The fraction of sp³-hybridized carbons (Fsp3) is 0.450. The molecule has 7 heteroatoms. The zero-order valence-electron chi connectivity index (χ0n) is 15.4. The minimum atomic E-state index is -0.963. The van der Waals surface area contributed by atoms with Crippen LogP contribution in [-0.2, 0) is 16.1 Å². The number of nitrogens with zero attached hydrogens (tertiary/aromatic N) is 2. The van der Waals surface area contributed by atoms with E-state index in [1.165, 1.54) is 6.07 Å². The number of morpholine rings is 1. The van der Waals surface area contributed by atoms with Crippen LogP contribution in [0.3, 0.4) is 0 Å². The summed E-state index contributed by atoms with van der Waals surface area (Å²) in [5, 5.41) is 9.92. The van der Waals surface area contributed by atoms with Gasteiger partial charge in [0.15, 0.2) is 0 Å². The Morgan fingerprint density at radius 1 is 1.33 bits per heavy atom. The Kier molecular flexibility index (Phi) is 6.60. The molecule has 1 atom stereocenters. The van der Waals surface area contributed by atoms with Gasteiger partial charge in [0, 0.05) is 26.2 Å². The maximum atomic E-state index is 13.7. The molecule has 1 aliphatic heterocycles.